The fourth-order valence-electron chi connectivity index (χ4n) is 2.22. The van der Waals surface area contributed by atoms with Crippen LogP contribution in [0.3, 0.4) is 0 Å². The molecular weight excluding hydrogens is 249 g/mol. The first-order valence-electron chi connectivity index (χ1n) is 6.46. The average Bonchev–Trinajstić information content (AvgIpc) is 2.93. The Bertz CT molecular complexity index is 458. The lowest BCUT2D eigenvalue weighted by Crippen LogP contribution is -2.38. The van der Waals surface area contributed by atoms with E-state index in [2.05, 4.69) is 0 Å². The number of amides is 1. The van der Waals surface area contributed by atoms with Crippen molar-refractivity contribution in [3.8, 4) is 5.75 Å². The molecule has 1 fully saturated rings. The van der Waals surface area contributed by atoms with Gasteiger partial charge in [0.2, 0.25) is 0 Å². The lowest BCUT2D eigenvalue weighted by molar-refractivity contribution is -0.136. The van der Waals surface area contributed by atoms with Gasteiger partial charge in [0, 0.05) is 18.7 Å². The number of hydrogen-bond acceptors (Lipinski definition) is 3. The summed E-state index contributed by atoms with van der Waals surface area (Å²) in [4.78, 5) is 13.9. The van der Waals surface area contributed by atoms with Crippen molar-refractivity contribution < 1.29 is 19.0 Å². The molecule has 1 unspecified atom stereocenters. The van der Waals surface area contributed by atoms with Crippen LogP contribution in [0.2, 0.25) is 0 Å². The molecule has 0 radical (unpaired) electrons. The van der Waals surface area contributed by atoms with Gasteiger partial charge in [-0.25, -0.2) is 4.39 Å². The van der Waals surface area contributed by atoms with Gasteiger partial charge < -0.3 is 14.7 Å². The predicted octanol–water partition coefficient (Wildman–Crippen LogP) is 1.71. The van der Waals surface area contributed by atoms with Crippen LogP contribution in [-0.4, -0.2) is 35.1 Å². The maximum absolute atomic E-state index is 13.0. The van der Waals surface area contributed by atoms with Gasteiger partial charge in [-0.05, 0) is 38.0 Å². The Labute approximate surface area is 111 Å². The molecule has 2 rings (SSSR count). The molecule has 0 aliphatic carbocycles. The standard InChI is InChI=1S/C14H18FNO3/c1-10(14(18)16-6-2-3-7-16)19-13-5-4-12(15)8-11(13)9-17/h4-5,8,10,17H,2-3,6-7,9H2,1H3. The fraction of sp³-hybridized carbons (Fsp3) is 0.500. The third-order valence-electron chi connectivity index (χ3n) is 3.26. The van der Waals surface area contributed by atoms with Crippen LogP contribution in [0.1, 0.15) is 25.3 Å². The number of benzene rings is 1. The van der Waals surface area contributed by atoms with E-state index >= 15 is 0 Å². The van der Waals surface area contributed by atoms with E-state index in [0.29, 0.717) is 11.3 Å². The quantitative estimate of drug-likeness (QED) is 0.903. The van der Waals surface area contributed by atoms with Crippen LogP contribution in [-0.2, 0) is 11.4 Å². The normalized spacial score (nSPS) is 16.5. The molecule has 1 aliphatic rings. The number of aliphatic hydroxyl groups is 1. The summed E-state index contributed by atoms with van der Waals surface area (Å²) in [6, 6.07) is 3.90. The SMILES string of the molecule is CC(Oc1ccc(F)cc1CO)C(=O)N1CCCC1. The number of ether oxygens (including phenoxy) is 1. The second-order valence-corrected chi connectivity index (χ2v) is 4.70. The van der Waals surface area contributed by atoms with E-state index in [1.807, 2.05) is 0 Å². The van der Waals surface area contributed by atoms with Crippen LogP contribution in [0.5, 0.6) is 5.75 Å². The van der Waals surface area contributed by atoms with Crippen LogP contribution in [0.4, 0.5) is 4.39 Å². The van der Waals surface area contributed by atoms with E-state index in [1.165, 1.54) is 18.2 Å². The summed E-state index contributed by atoms with van der Waals surface area (Å²) in [5, 5.41) is 9.16. The molecule has 1 saturated heterocycles. The maximum atomic E-state index is 13.0. The average molecular weight is 267 g/mol. The largest absolute Gasteiger partial charge is 0.481 e. The Morgan fingerprint density at radius 3 is 2.79 bits per heavy atom. The van der Waals surface area contributed by atoms with Gasteiger partial charge in [0.15, 0.2) is 6.10 Å². The van der Waals surface area contributed by atoms with E-state index in [1.54, 1.807) is 11.8 Å². The van der Waals surface area contributed by atoms with Gasteiger partial charge in [-0.1, -0.05) is 0 Å². The molecular formula is C14H18FNO3. The van der Waals surface area contributed by atoms with Crippen LogP contribution < -0.4 is 4.74 Å². The summed E-state index contributed by atoms with van der Waals surface area (Å²) in [5.41, 5.74) is 0.348. The first-order valence-corrected chi connectivity index (χ1v) is 6.46. The van der Waals surface area contributed by atoms with Gasteiger partial charge in [-0.3, -0.25) is 4.79 Å². The van der Waals surface area contributed by atoms with Crippen molar-refractivity contribution in [1.29, 1.82) is 0 Å². The highest BCUT2D eigenvalue weighted by molar-refractivity contribution is 5.81. The summed E-state index contributed by atoms with van der Waals surface area (Å²) < 4.78 is 18.6. The fourth-order valence-corrected chi connectivity index (χ4v) is 2.22. The van der Waals surface area contributed by atoms with Gasteiger partial charge in [-0.15, -0.1) is 0 Å². The molecule has 1 atom stereocenters. The molecule has 1 aromatic carbocycles. The van der Waals surface area contributed by atoms with Crippen molar-refractivity contribution in [2.45, 2.75) is 32.5 Å². The summed E-state index contributed by atoms with van der Waals surface area (Å²) in [6.45, 7) is 2.88. The van der Waals surface area contributed by atoms with Crippen molar-refractivity contribution in [3.63, 3.8) is 0 Å². The highest BCUT2D eigenvalue weighted by Crippen LogP contribution is 2.22. The van der Waals surface area contributed by atoms with Gasteiger partial charge in [0.1, 0.15) is 11.6 Å². The molecule has 1 heterocycles. The molecule has 5 heteroatoms. The summed E-state index contributed by atoms with van der Waals surface area (Å²) >= 11 is 0. The first-order chi connectivity index (χ1) is 9.11. The van der Waals surface area contributed by atoms with E-state index in [-0.39, 0.29) is 12.5 Å². The Morgan fingerprint density at radius 1 is 1.47 bits per heavy atom. The number of rotatable bonds is 4. The second-order valence-electron chi connectivity index (χ2n) is 4.70. The van der Waals surface area contributed by atoms with Gasteiger partial charge in [0.05, 0.1) is 6.61 Å². The number of carbonyl (C=O) groups excluding carboxylic acids is 1. The van der Waals surface area contributed by atoms with Crippen LogP contribution >= 0.6 is 0 Å². The third-order valence-corrected chi connectivity index (χ3v) is 3.26. The molecule has 1 amide bonds. The molecule has 104 valence electrons. The summed E-state index contributed by atoms with van der Waals surface area (Å²) in [7, 11) is 0. The highest BCUT2D eigenvalue weighted by atomic mass is 19.1. The minimum absolute atomic E-state index is 0.0642. The zero-order valence-electron chi connectivity index (χ0n) is 10.9. The molecule has 0 aromatic heterocycles. The maximum Gasteiger partial charge on any atom is 0.263 e. The molecule has 0 spiro atoms. The molecule has 1 aromatic rings. The number of halogens is 1. The van der Waals surface area contributed by atoms with E-state index < -0.39 is 11.9 Å². The molecule has 4 nitrogen and oxygen atoms in total. The van der Waals surface area contributed by atoms with Crippen LogP contribution in [0.25, 0.3) is 0 Å². The zero-order chi connectivity index (χ0) is 13.8. The number of hydrogen-bond donors (Lipinski definition) is 1. The predicted molar refractivity (Wildman–Crippen MR) is 68.2 cm³/mol. The van der Waals surface area contributed by atoms with Crippen molar-refractivity contribution in [1.82, 2.24) is 4.90 Å². The summed E-state index contributed by atoms with van der Waals surface area (Å²) in [5.74, 6) is -0.149. The van der Waals surface area contributed by atoms with E-state index in [0.717, 1.165) is 25.9 Å². The molecule has 1 aliphatic heterocycles. The van der Waals surface area contributed by atoms with Crippen molar-refractivity contribution in [2.75, 3.05) is 13.1 Å². The number of likely N-dealkylation sites (tertiary alicyclic amines) is 1. The molecule has 19 heavy (non-hydrogen) atoms. The Kier molecular flexibility index (Phi) is 4.37. The minimum atomic E-state index is -0.631. The second kappa shape index (κ2) is 6.02. The molecule has 1 N–H and O–H groups in total. The number of carbonyl (C=O) groups is 1. The first kappa shape index (κ1) is 13.8. The molecule has 0 bridgehead atoms. The summed E-state index contributed by atoms with van der Waals surface area (Å²) in [6.07, 6.45) is 1.42. The van der Waals surface area contributed by atoms with Gasteiger partial charge >= 0.3 is 0 Å². The van der Waals surface area contributed by atoms with Crippen molar-refractivity contribution in [3.05, 3.63) is 29.6 Å². The number of aliphatic hydroxyl groups excluding tert-OH is 1. The Balaban J connectivity index is 2.05. The highest BCUT2D eigenvalue weighted by Gasteiger charge is 2.25. The van der Waals surface area contributed by atoms with Crippen molar-refractivity contribution >= 4 is 5.91 Å². The van der Waals surface area contributed by atoms with Gasteiger partial charge in [-0.2, -0.15) is 0 Å². The third kappa shape index (κ3) is 3.23. The van der Waals surface area contributed by atoms with Gasteiger partial charge in [0.25, 0.3) is 5.91 Å². The minimum Gasteiger partial charge on any atom is -0.481 e. The lowest BCUT2D eigenvalue weighted by Gasteiger charge is -2.22. The molecule has 0 saturated carbocycles. The number of nitrogens with zero attached hydrogens (tertiary/aromatic N) is 1. The smallest absolute Gasteiger partial charge is 0.263 e. The Morgan fingerprint density at radius 2 is 2.16 bits per heavy atom. The van der Waals surface area contributed by atoms with E-state index in [4.69, 9.17) is 9.84 Å². The topological polar surface area (TPSA) is 49.8 Å². The monoisotopic (exact) mass is 267 g/mol. The lowest BCUT2D eigenvalue weighted by atomic mass is 10.2. The Hall–Kier alpha value is -1.62. The van der Waals surface area contributed by atoms with Crippen LogP contribution in [0, 0.1) is 5.82 Å². The van der Waals surface area contributed by atoms with Crippen molar-refractivity contribution in [2.24, 2.45) is 0 Å². The zero-order valence-corrected chi connectivity index (χ0v) is 10.9. The van der Waals surface area contributed by atoms with Crippen LogP contribution in [0.15, 0.2) is 18.2 Å². The van der Waals surface area contributed by atoms with E-state index in [9.17, 15) is 9.18 Å².